The van der Waals surface area contributed by atoms with Crippen LogP contribution in [0, 0.1) is 17.5 Å². The lowest BCUT2D eigenvalue weighted by Gasteiger charge is -2.22. The first kappa shape index (κ1) is 15.9. The number of carbonyl (C=O) groups is 1. The number of carboxylic acid groups (broad SMARTS) is 1. The second-order valence-electron chi connectivity index (χ2n) is 4.42. The number of aromatic carboxylic acids is 1. The van der Waals surface area contributed by atoms with E-state index in [4.69, 9.17) is 14.6 Å². The van der Waals surface area contributed by atoms with Crippen LogP contribution in [-0.2, 0) is 9.47 Å². The van der Waals surface area contributed by atoms with Crippen LogP contribution in [0.4, 0.5) is 13.2 Å². The van der Waals surface area contributed by atoms with Gasteiger partial charge in [-0.05, 0) is 6.92 Å². The molecule has 0 aliphatic carbocycles. The number of phenols is 1. The molecule has 1 aliphatic rings. The largest absolute Gasteiger partial charge is 0.504 e. The first-order valence-corrected chi connectivity index (χ1v) is 6.79. The van der Waals surface area contributed by atoms with Crippen LogP contribution in [0.15, 0.2) is 4.90 Å². The SMILES string of the molecule is CC1(CSc2c(F)c(O)c(C(=O)O)c(F)c2F)OCCO1. The highest BCUT2D eigenvalue weighted by atomic mass is 32.2. The fraction of sp³-hybridized carbons (Fsp3) is 0.417. The molecule has 1 fully saturated rings. The molecule has 21 heavy (non-hydrogen) atoms. The van der Waals surface area contributed by atoms with Crippen LogP contribution in [0.25, 0.3) is 0 Å². The van der Waals surface area contributed by atoms with Gasteiger partial charge in [0, 0.05) is 0 Å². The van der Waals surface area contributed by atoms with Crippen molar-refractivity contribution in [2.45, 2.75) is 17.6 Å². The molecule has 0 aromatic heterocycles. The highest BCUT2D eigenvalue weighted by Gasteiger charge is 2.34. The van der Waals surface area contributed by atoms with Crippen molar-refractivity contribution < 1.29 is 37.7 Å². The van der Waals surface area contributed by atoms with Crippen molar-refractivity contribution in [3.05, 3.63) is 23.0 Å². The summed E-state index contributed by atoms with van der Waals surface area (Å²) in [5, 5.41) is 18.0. The van der Waals surface area contributed by atoms with Crippen molar-refractivity contribution in [1.82, 2.24) is 0 Å². The number of rotatable bonds is 4. The van der Waals surface area contributed by atoms with Crippen LogP contribution in [-0.4, -0.2) is 40.9 Å². The summed E-state index contributed by atoms with van der Waals surface area (Å²) in [6.07, 6.45) is 0. The van der Waals surface area contributed by atoms with Gasteiger partial charge in [0.2, 0.25) is 0 Å². The molecule has 2 N–H and O–H groups in total. The first-order valence-electron chi connectivity index (χ1n) is 5.80. The highest BCUT2D eigenvalue weighted by molar-refractivity contribution is 7.99. The van der Waals surface area contributed by atoms with Gasteiger partial charge >= 0.3 is 5.97 Å². The molecule has 0 atom stereocenters. The Kier molecular flexibility index (Phi) is 4.35. The van der Waals surface area contributed by atoms with E-state index in [9.17, 15) is 23.1 Å². The average molecular weight is 324 g/mol. The molecule has 0 bridgehead atoms. The highest BCUT2D eigenvalue weighted by Crippen LogP contribution is 2.38. The van der Waals surface area contributed by atoms with Crippen molar-refractivity contribution >= 4 is 17.7 Å². The first-order chi connectivity index (χ1) is 9.77. The maximum atomic E-state index is 13.8. The molecular weight excluding hydrogens is 313 g/mol. The summed E-state index contributed by atoms with van der Waals surface area (Å²) < 4.78 is 51.7. The van der Waals surface area contributed by atoms with Crippen LogP contribution in [0.3, 0.4) is 0 Å². The zero-order chi connectivity index (χ0) is 15.8. The average Bonchev–Trinajstić information content (AvgIpc) is 2.83. The van der Waals surface area contributed by atoms with Crippen molar-refractivity contribution in [3.63, 3.8) is 0 Å². The van der Waals surface area contributed by atoms with Gasteiger partial charge in [-0.2, -0.15) is 0 Å². The Labute approximate surface area is 121 Å². The fourth-order valence-electron chi connectivity index (χ4n) is 1.79. The van der Waals surface area contributed by atoms with Crippen molar-refractivity contribution in [1.29, 1.82) is 0 Å². The molecule has 0 radical (unpaired) electrons. The summed E-state index contributed by atoms with van der Waals surface area (Å²) in [6, 6.07) is 0. The number of hydrogen-bond acceptors (Lipinski definition) is 5. The van der Waals surface area contributed by atoms with Crippen LogP contribution in [0.2, 0.25) is 0 Å². The van der Waals surface area contributed by atoms with Crippen LogP contribution < -0.4 is 0 Å². The molecule has 1 aromatic carbocycles. The Morgan fingerprint density at radius 3 is 2.33 bits per heavy atom. The van der Waals surface area contributed by atoms with Gasteiger partial charge in [0.15, 0.2) is 29.0 Å². The van der Waals surface area contributed by atoms with Crippen LogP contribution in [0.5, 0.6) is 5.75 Å². The third-order valence-electron chi connectivity index (χ3n) is 2.85. The minimum absolute atomic E-state index is 0.0634. The number of carboxylic acids is 1. The maximum Gasteiger partial charge on any atom is 0.342 e. The van der Waals surface area contributed by atoms with Crippen molar-refractivity contribution in [2.24, 2.45) is 0 Å². The Morgan fingerprint density at radius 1 is 1.24 bits per heavy atom. The smallest absolute Gasteiger partial charge is 0.342 e. The molecule has 9 heteroatoms. The summed E-state index contributed by atoms with van der Waals surface area (Å²) >= 11 is 0.526. The molecule has 1 heterocycles. The van der Waals surface area contributed by atoms with E-state index in [1.54, 1.807) is 6.92 Å². The monoisotopic (exact) mass is 324 g/mol. The Hall–Kier alpha value is -1.45. The van der Waals surface area contributed by atoms with E-state index in [1.165, 1.54) is 0 Å². The summed E-state index contributed by atoms with van der Waals surface area (Å²) in [7, 11) is 0. The van der Waals surface area contributed by atoms with E-state index in [0.717, 1.165) is 0 Å². The zero-order valence-corrected chi connectivity index (χ0v) is 11.6. The van der Waals surface area contributed by atoms with Gasteiger partial charge in [0.05, 0.1) is 23.9 Å². The van der Waals surface area contributed by atoms with E-state index in [1.807, 2.05) is 0 Å². The summed E-state index contributed by atoms with van der Waals surface area (Å²) in [5.41, 5.74) is -1.44. The molecule has 1 saturated heterocycles. The molecule has 1 aromatic rings. The molecule has 0 unspecified atom stereocenters. The molecule has 1 aliphatic heterocycles. The topological polar surface area (TPSA) is 76.0 Å². The van der Waals surface area contributed by atoms with E-state index in [2.05, 4.69) is 0 Å². The number of hydrogen-bond donors (Lipinski definition) is 2. The molecule has 2 rings (SSSR count). The fourth-order valence-corrected chi connectivity index (χ4v) is 2.81. The molecule has 0 spiro atoms. The van der Waals surface area contributed by atoms with Gasteiger partial charge in [0.1, 0.15) is 5.56 Å². The molecule has 116 valence electrons. The summed E-state index contributed by atoms with van der Waals surface area (Å²) in [4.78, 5) is 9.87. The molecule has 5 nitrogen and oxygen atoms in total. The quantitative estimate of drug-likeness (QED) is 0.654. The normalized spacial score (nSPS) is 17.1. The summed E-state index contributed by atoms with van der Waals surface area (Å²) in [5.74, 6) is -9.57. The Balaban J connectivity index is 2.34. The van der Waals surface area contributed by atoms with E-state index in [-0.39, 0.29) is 5.75 Å². The maximum absolute atomic E-state index is 13.8. The van der Waals surface area contributed by atoms with E-state index in [0.29, 0.717) is 25.0 Å². The lowest BCUT2D eigenvalue weighted by atomic mass is 10.1. The third kappa shape index (κ3) is 2.94. The third-order valence-corrected chi connectivity index (χ3v) is 4.16. The van der Waals surface area contributed by atoms with Crippen LogP contribution >= 0.6 is 11.8 Å². The number of ether oxygens (including phenoxy) is 2. The predicted molar refractivity (Wildman–Crippen MR) is 66.0 cm³/mol. The molecule has 0 saturated carbocycles. The van der Waals surface area contributed by atoms with Gasteiger partial charge in [-0.25, -0.2) is 18.0 Å². The Morgan fingerprint density at radius 2 is 1.81 bits per heavy atom. The number of aromatic hydroxyl groups is 1. The minimum Gasteiger partial charge on any atom is -0.504 e. The molecular formula is C12H11F3O5S. The van der Waals surface area contributed by atoms with Gasteiger partial charge in [-0.15, -0.1) is 11.8 Å². The lowest BCUT2D eigenvalue weighted by Crippen LogP contribution is -2.28. The summed E-state index contributed by atoms with van der Waals surface area (Å²) in [6.45, 7) is 2.18. The number of benzene rings is 1. The molecule has 0 amide bonds. The van der Waals surface area contributed by atoms with E-state index >= 15 is 0 Å². The Bertz CT molecular complexity index is 558. The van der Waals surface area contributed by atoms with Gasteiger partial charge in [-0.3, -0.25) is 0 Å². The van der Waals surface area contributed by atoms with Gasteiger partial charge in [0.25, 0.3) is 0 Å². The minimum atomic E-state index is -1.96. The second kappa shape index (κ2) is 5.74. The number of thioether (sulfide) groups is 1. The second-order valence-corrected chi connectivity index (χ2v) is 5.40. The van der Waals surface area contributed by atoms with Crippen molar-refractivity contribution in [2.75, 3.05) is 19.0 Å². The van der Waals surface area contributed by atoms with Gasteiger partial charge in [-0.1, -0.05) is 0 Å². The predicted octanol–water partition coefficient (Wildman–Crippen LogP) is 2.36. The standard InChI is InChI=1S/C12H11F3O5S/c1-12(19-2-3-20-12)4-21-10-7(14)6(13)5(11(17)18)9(16)8(10)15/h16H,2-4H2,1H3,(H,17,18). The zero-order valence-electron chi connectivity index (χ0n) is 10.8. The van der Waals surface area contributed by atoms with Crippen molar-refractivity contribution in [3.8, 4) is 5.75 Å². The van der Waals surface area contributed by atoms with Gasteiger partial charge < -0.3 is 19.7 Å². The van der Waals surface area contributed by atoms with Crippen LogP contribution in [0.1, 0.15) is 17.3 Å². The van der Waals surface area contributed by atoms with E-state index < -0.39 is 45.4 Å². The number of halogens is 3. The lowest BCUT2D eigenvalue weighted by molar-refractivity contribution is -0.121.